The fraction of sp³-hybridized carbons (Fsp3) is 0.400. The lowest BCUT2D eigenvalue weighted by Gasteiger charge is -2.14. The molecule has 1 nitrogen and oxygen atoms in total. The maximum Gasteiger partial charge on any atom is 0.389 e. The van der Waals surface area contributed by atoms with Crippen LogP contribution in [0, 0.1) is 3.57 Å². The predicted octanol–water partition coefficient (Wildman–Crippen LogP) is 4.43. The molecule has 0 saturated heterocycles. The lowest BCUT2D eigenvalue weighted by Crippen LogP contribution is -2.10. The first kappa shape index (κ1) is 14.2. The Bertz CT molecular complexity index is 368. The van der Waals surface area contributed by atoms with Crippen LogP contribution in [0.4, 0.5) is 13.2 Å². The topological polar surface area (TPSA) is 20.2 Å². The molecule has 16 heavy (non-hydrogen) atoms. The Hall–Kier alpha value is 0.180. The van der Waals surface area contributed by atoms with Crippen LogP contribution >= 0.6 is 38.5 Å². The SMILES string of the molecule is OC(CCC(F)(F)F)c1cc(I)ccc1Br. The molecule has 0 aromatic heterocycles. The number of hydrogen-bond donors (Lipinski definition) is 1. The lowest BCUT2D eigenvalue weighted by atomic mass is 10.1. The van der Waals surface area contributed by atoms with Crippen LogP contribution in [-0.4, -0.2) is 11.3 Å². The smallest absolute Gasteiger partial charge is 0.388 e. The second-order valence-corrected chi connectivity index (χ2v) is 5.44. The van der Waals surface area contributed by atoms with Gasteiger partial charge in [-0.05, 0) is 52.8 Å². The van der Waals surface area contributed by atoms with E-state index in [4.69, 9.17) is 0 Å². The summed E-state index contributed by atoms with van der Waals surface area (Å²) < 4.78 is 37.5. The van der Waals surface area contributed by atoms with Gasteiger partial charge < -0.3 is 5.11 Å². The first-order chi connectivity index (χ1) is 7.29. The van der Waals surface area contributed by atoms with Gasteiger partial charge in [0.2, 0.25) is 0 Å². The number of rotatable bonds is 3. The van der Waals surface area contributed by atoms with Crippen LogP contribution in [0.1, 0.15) is 24.5 Å². The molecule has 0 fully saturated rings. The molecule has 6 heteroatoms. The van der Waals surface area contributed by atoms with E-state index in [0.717, 1.165) is 3.57 Å². The number of alkyl halides is 3. The summed E-state index contributed by atoms with van der Waals surface area (Å²) in [6.45, 7) is 0. The van der Waals surface area contributed by atoms with Gasteiger partial charge in [-0.3, -0.25) is 0 Å². The Kier molecular flexibility index (Phi) is 5.06. The van der Waals surface area contributed by atoms with E-state index < -0.39 is 18.7 Å². The largest absolute Gasteiger partial charge is 0.389 e. The minimum absolute atomic E-state index is 0.317. The summed E-state index contributed by atoms with van der Waals surface area (Å²) in [4.78, 5) is 0. The summed E-state index contributed by atoms with van der Waals surface area (Å²) in [6.07, 6.45) is -6.62. The maximum absolute atomic E-state index is 12.0. The minimum atomic E-state index is -4.23. The van der Waals surface area contributed by atoms with Crippen LogP contribution in [0.3, 0.4) is 0 Å². The molecule has 0 bridgehead atoms. The fourth-order valence-corrected chi connectivity index (χ4v) is 2.25. The third-order valence-electron chi connectivity index (χ3n) is 2.02. The molecule has 1 aromatic rings. The predicted molar refractivity (Wildman–Crippen MR) is 67.1 cm³/mol. The highest BCUT2D eigenvalue weighted by Gasteiger charge is 2.28. The number of aliphatic hydroxyl groups excluding tert-OH is 1. The molecule has 0 radical (unpaired) electrons. The van der Waals surface area contributed by atoms with E-state index in [9.17, 15) is 18.3 Å². The number of halogens is 5. The zero-order chi connectivity index (χ0) is 12.3. The van der Waals surface area contributed by atoms with Crippen LogP contribution in [0.15, 0.2) is 22.7 Å². The Morgan fingerprint density at radius 1 is 1.38 bits per heavy atom. The second-order valence-electron chi connectivity index (χ2n) is 3.34. The molecule has 0 spiro atoms. The Balaban J connectivity index is 2.73. The van der Waals surface area contributed by atoms with Crippen molar-refractivity contribution in [3.63, 3.8) is 0 Å². The normalized spacial score (nSPS) is 13.9. The van der Waals surface area contributed by atoms with Gasteiger partial charge in [0.25, 0.3) is 0 Å². The van der Waals surface area contributed by atoms with Crippen molar-refractivity contribution in [1.82, 2.24) is 0 Å². The van der Waals surface area contributed by atoms with Crippen LogP contribution in [0.5, 0.6) is 0 Å². The fourth-order valence-electron chi connectivity index (χ4n) is 1.23. The van der Waals surface area contributed by atoms with Crippen LogP contribution in [0.25, 0.3) is 0 Å². The Labute approximate surface area is 113 Å². The molecular formula is C10H9BrF3IO. The van der Waals surface area contributed by atoms with E-state index in [2.05, 4.69) is 15.9 Å². The summed E-state index contributed by atoms with van der Waals surface area (Å²) in [5, 5.41) is 9.66. The van der Waals surface area contributed by atoms with E-state index >= 15 is 0 Å². The van der Waals surface area contributed by atoms with Crippen molar-refractivity contribution < 1.29 is 18.3 Å². The van der Waals surface area contributed by atoms with E-state index in [1.807, 2.05) is 28.7 Å². The second kappa shape index (κ2) is 5.68. The lowest BCUT2D eigenvalue weighted by molar-refractivity contribution is -0.140. The summed E-state index contributed by atoms with van der Waals surface area (Å²) in [6, 6.07) is 5.20. The van der Waals surface area contributed by atoms with Crippen molar-refractivity contribution in [3.05, 3.63) is 31.8 Å². The Morgan fingerprint density at radius 3 is 2.56 bits per heavy atom. The molecule has 0 aliphatic rings. The quantitative estimate of drug-likeness (QED) is 0.733. The molecule has 1 atom stereocenters. The third-order valence-corrected chi connectivity index (χ3v) is 3.41. The van der Waals surface area contributed by atoms with Gasteiger partial charge in [0.05, 0.1) is 6.10 Å². The molecule has 0 aliphatic carbocycles. The highest BCUT2D eigenvalue weighted by atomic mass is 127. The third kappa shape index (κ3) is 4.58. The highest BCUT2D eigenvalue weighted by Crippen LogP contribution is 2.31. The number of hydrogen-bond acceptors (Lipinski definition) is 1. The van der Waals surface area contributed by atoms with Crippen molar-refractivity contribution in [1.29, 1.82) is 0 Å². The average molecular weight is 409 g/mol. The van der Waals surface area contributed by atoms with Crippen molar-refractivity contribution in [2.45, 2.75) is 25.1 Å². The van der Waals surface area contributed by atoms with Crippen molar-refractivity contribution in [2.75, 3.05) is 0 Å². The molecule has 0 saturated carbocycles. The number of aliphatic hydroxyl groups is 1. The maximum atomic E-state index is 12.0. The first-order valence-corrected chi connectivity index (χ1v) is 6.36. The number of benzene rings is 1. The molecule has 90 valence electrons. The van der Waals surface area contributed by atoms with Gasteiger partial charge in [-0.25, -0.2) is 0 Å². The summed E-state index contributed by atoms with van der Waals surface area (Å²) >= 11 is 5.25. The summed E-state index contributed by atoms with van der Waals surface area (Å²) in [5.74, 6) is 0. The van der Waals surface area contributed by atoms with Crippen LogP contribution in [-0.2, 0) is 0 Å². The van der Waals surface area contributed by atoms with Gasteiger partial charge in [-0.15, -0.1) is 0 Å². The van der Waals surface area contributed by atoms with Gasteiger partial charge in [-0.1, -0.05) is 15.9 Å². The zero-order valence-electron chi connectivity index (χ0n) is 8.06. The first-order valence-electron chi connectivity index (χ1n) is 4.49. The van der Waals surface area contributed by atoms with Gasteiger partial charge in [0.1, 0.15) is 0 Å². The summed E-state index contributed by atoms with van der Waals surface area (Å²) in [5.41, 5.74) is 0.496. The molecule has 1 unspecified atom stereocenters. The molecule has 0 aliphatic heterocycles. The molecular weight excluding hydrogens is 400 g/mol. The average Bonchev–Trinajstić information content (AvgIpc) is 2.17. The van der Waals surface area contributed by atoms with E-state index in [1.165, 1.54) is 0 Å². The van der Waals surface area contributed by atoms with E-state index in [1.54, 1.807) is 12.1 Å². The molecule has 1 rings (SSSR count). The molecule has 0 heterocycles. The van der Waals surface area contributed by atoms with E-state index in [-0.39, 0.29) is 6.42 Å². The van der Waals surface area contributed by atoms with Crippen LogP contribution < -0.4 is 0 Å². The van der Waals surface area contributed by atoms with Gasteiger partial charge in [0, 0.05) is 14.5 Å². The monoisotopic (exact) mass is 408 g/mol. The van der Waals surface area contributed by atoms with Crippen LogP contribution in [0.2, 0.25) is 0 Å². The van der Waals surface area contributed by atoms with Crippen molar-refractivity contribution in [3.8, 4) is 0 Å². The minimum Gasteiger partial charge on any atom is -0.388 e. The molecule has 0 amide bonds. The Morgan fingerprint density at radius 2 is 2.00 bits per heavy atom. The van der Waals surface area contributed by atoms with Crippen molar-refractivity contribution >= 4 is 38.5 Å². The van der Waals surface area contributed by atoms with Gasteiger partial charge in [-0.2, -0.15) is 13.2 Å². The highest BCUT2D eigenvalue weighted by molar-refractivity contribution is 14.1. The molecule has 1 N–H and O–H groups in total. The van der Waals surface area contributed by atoms with Crippen molar-refractivity contribution in [2.24, 2.45) is 0 Å². The van der Waals surface area contributed by atoms with E-state index in [0.29, 0.717) is 10.0 Å². The van der Waals surface area contributed by atoms with Gasteiger partial charge >= 0.3 is 6.18 Å². The standard InChI is InChI=1S/C10H9BrF3IO/c11-8-2-1-6(15)5-7(8)9(16)3-4-10(12,13)14/h1-2,5,9,16H,3-4H2. The molecule has 1 aromatic carbocycles. The zero-order valence-corrected chi connectivity index (χ0v) is 11.8. The summed E-state index contributed by atoms with van der Waals surface area (Å²) in [7, 11) is 0. The van der Waals surface area contributed by atoms with Gasteiger partial charge in [0.15, 0.2) is 0 Å².